The molecule has 1 aliphatic carbocycles. The predicted octanol–water partition coefficient (Wildman–Crippen LogP) is 3.09. The molecule has 0 bridgehead atoms. The highest BCUT2D eigenvalue weighted by Gasteiger charge is 2.30. The van der Waals surface area contributed by atoms with Crippen molar-refractivity contribution < 1.29 is 4.39 Å². The van der Waals surface area contributed by atoms with E-state index in [0.717, 1.165) is 6.54 Å². The number of halogens is 1. The minimum Gasteiger partial charge on any atom is -0.368 e. The molecule has 1 heterocycles. The Labute approximate surface area is 106 Å². The molecule has 0 spiro atoms. The Hall–Kier alpha value is -0.840. The first-order valence-corrected chi connectivity index (χ1v) is 7.23. The van der Waals surface area contributed by atoms with Crippen LogP contribution < -0.4 is 5.32 Å². The van der Waals surface area contributed by atoms with Crippen molar-refractivity contribution in [2.24, 2.45) is 0 Å². The van der Waals surface area contributed by atoms with Gasteiger partial charge < -0.3 is 5.32 Å². The van der Waals surface area contributed by atoms with Crippen LogP contribution in [-0.4, -0.2) is 27.5 Å². The number of anilines is 1. The third kappa shape index (κ3) is 3.31. The van der Waals surface area contributed by atoms with Gasteiger partial charge in [-0.25, -0.2) is 9.97 Å². The van der Waals surface area contributed by atoms with Gasteiger partial charge in [-0.2, -0.15) is 16.2 Å². The van der Waals surface area contributed by atoms with E-state index in [1.165, 1.54) is 44.5 Å². The summed E-state index contributed by atoms with van der Waals surface area (Å²) >= 11 is 1.92. The molecule has 1 aromatic rings. The SMILES string of the molecule is CSC1(CNc2cc(F)ncn2)CCCCC1. The summed E-state index contributed by atoms with van der Waals surface area (Å²) in [6.45, 7) is 0.852. The molecule has 0 amide bonds. The number of hydrogen-bond donors (Lipinski definition) is 1. The van der Waals surface area contributed by atoms with E-state index in [1.807, 2.05) is 11.8 Å². The molecule has 17 heavy (non-hydrogen) atoms. The quantitative estimate of drug-likeness (QED) is 0.839. The van der Waals surface area contributed by atoms with Crippen molar-refractivity contribution >= 4 is 17.6 Å². The fraction of sp³-hybridized carbons (Fsp3) is 0.667. The van der Waals surface area contributed by atoms with Crippen molar-refractivity contribution in [3.8, 4) is 0 Å². The normalized spacial score (nSPS) is 18.9. The van der Waals surface area contributed by atoms with E-state index in [2.05, 4.69) is 21.5 Å². The van der Waals surface area contributed by atoms with Gasteiger partial charge in [-0.3, -0.25) is 0 Å². The van der Waals surface area contributed by atoms with Crippen LogP contribution in [0.5, 0.6) is 0 Å². The highest BCUT2D eigenvalue weighted by atomic mass is 32.2. The first-order chi connectivity index (χ1) is 8.24. The molecule has 0 atom stereocenters. The van der Waals surface area contributed by atoms with Crippen molar-refractivity contribution in [1.29, 1.82) is 0 Å². The summed E-state index contributed by atoms with van der Waals surface area (Å²) in [6, 6.07) is 1.34. The molecule has 0 aliphatic heterocycles. The second-order valence-electron chi connectivity index (χ2n) is 4.53. The molecular formula is C12H18FN3S. The molecule has 0 saturated heterocycles. The van der Waals surface area contributed by atoms with Gasteiger partial charge in [0.2, 0.25) is 5.95 Å². The Kier molecular flexibility index (Phi) is 4.20. The monoisotopic (exact) mass is 255 g/mol. The maximum atomic E-state index is 12.9. The third-order valence-electron chi connectivity index (χ3n) is 3.42. The van der Waals surface area contributed by atoms with E-state index in [0.29, 0.717) is 10.6 Å². The Bertz CT molecular complexity index is 367. The zero-order valence-corrected chi connectivity index (χ0v) is 10.9. The highest BCUT2D eigenvalue weighted by Crippen LogP contribution is 2.38. The third-order valence-corrected chi connectivity index (χ3v) is 4.84. The second-order valence-corrected chi connectivity index (χ2v) is 5.80. The predicted molar refractivity (Wildman–Crippen MR) is 69.8 cm³/mol. The number of aromatic nitrogens is 2. The van der Waals surface area contributed by atoms with E-state index in [9.17, 15) is 4.39 Å². The Morgan fingerprint density at radius 3 is 2.76 bits per heavy atom. The van der Waals surface area contributed by atoms with Gasteiger partial charge in [0.15, 0.2) is 0 Å². The Balaban J connectivity index is 1.95. The van der Waals surface area contributed by atoms with Crippen LogP contribution in [-0.2, 0) is 0 Å². The number of nitrogens with one attached hydrogen (secondary N) is 1. The largest absolute Gasteiger partial charge is 0.368 e. The Morgan fingerprint density at radius 1 is 1.35 bits per heavy atom. The van der Waals surface area contributed by atoms with Crippen LogP contribution >= 0.6 is 11.8 Å². The molecule has 1 aromatic heterocycles. The van der Waals surface area contributed by atoms with Crippen molar-refractivity contribution in [2.45, 2.75) is 36.9 Å². The van der Waals surface area contributed by atoms with Crippen LogP contribution in [0.2, 0.25) is 0 Å². The lowest BCUT2D eigenvalue weighted by Gasteiger charge is -2.36. The lowest BCUT2D eigenvalue weighted by molar-refractivity contribution is 0.411. The average Bonchev–Trinajstić information content (AvgIpc) is 2.38. The average molecular weight is 255 g/mol. The molecule has 0 radical (unpaired) electrons. The van der Waals surface area contributed by atoms with Crippen molar-refractivity contribution in [2.75, 3.05) is 18.1 Å². The number of nitrogens with zero attached hydrogens (tertiary/aromatic N) is 2. The summed E-state index contributed by atoms with van der Waals surface area (Å²) in [5.74, 6) is 0.0980. The first-order valence-electron chi connectivity index (χ1n) is 6.01. The van der Waals surface area contributed by atoms with Gasteiger partial charge in [-0.05, 0) is 19.1 Å². The summed E-state index contributed by atoms with van der Waals surface area (Å²) < 4.78 is 13.2. The van der Waals surface area contributed by atoms with Crippen LogP contribution in [0.3, 0.4) is 0 Å². The van der Waals surface area contributed by atoms with Gasteiger partial charge >= 0.3 is 0 Å². The number of thioether (sulfide) groups is 1. The van der Waals surface area contributed by atoms with Crippen LogP contribution in [0, 0.1) is 5.95 Å². The van der Waals surface area contributed by atoms with Gasteiger partial charge in [0.25, 0.3) is 0 Å². The van der Waals surface area contributed by atoms with Gasteiger partial charge in [-0.15, -0.1) is 0 Å². The summed E-state index contributed by atoms with van der Waals surface area (Å²) in [4.78, 5) is 7.47. The van der Waals surface area contributed by atoms with Gasteiger partial charge in [0.05, 0.1) is 0 Å². The fourth-order valence-electron chi connectivity index (χ4n) is 2.33. The van der Waals surface area contributed by atoms with Crippen LogP contribution in [0.25, 0.3) is 0 Å². The fourth-order valence-corrected chi connectivity index (χ4v) is 3.24. The maximum Gasteiger partial charge on any atom is 0.217 e. The summed E-state index contributed by atoms with van der Waals surface area (Å²) in [6.07, 6.45) is 9.80. The first kappa shape index (κ1) is 12.6. The zero-order valence-electron chi connectivity index (χ0n) is 10.1. The maximum absolute atomic E-state index is 12.9. The highest BCUT2D eigenvalue weighted by molar-refractivity contribution is 8.00. The van der Waals surface area contributed by atoms with Gasteiger partial charge in [0.1, 0.15) is 12.1 Å². The van der Waals surface area contributed by atoms with Crippen LogP contribution in [0.4, 0.5) is 10.2 Å². The minimum absolute atomic E-state index is 0.291. The van der Waals surface area contributed by atoms with Gasteiger partial charge in [-0.1, -0.05) is 19.3 Å². The zero-order chi connectivity index (χ0) is 12.1. The second kappa shape index (κ2) is 5.67. The molecule has 0 aromatic carbocycles. The van der Waals surface area contributed by atoms with Crippen LogP contribution in [0.15, 0.2) is 12.4 Å². The lowest BCUT2D eigenvalue weighted by Crippen LogP contribution is -2.35. The lowest BCUT2D eigenvalue weighted by atomic mass is 9.88. The molecular weight excluding hydrogens is 237 g/mol. The van der Waals surface area contributed by atoms with Crippen LogP contribution in [0.1, 0.15) is 32.1 Å². The Morgan fingerprint density at radius 2 is 2.12 bits per heavy atom. The van der Waals surface area contributed by atoms with Crippen molar-refractivity contribution in [3.63, 3.8) is 0 Å². The molecule has 2 rings (SSSR count). The van der Waals surface area contributed by atoms with E-state index in [-0.39, 0.29) is 0 Å². The van der Waals surface area contributed by atoms with E-state index in [1.54, 1.807) is 0 Å². The molecule has 1 N–H and O–H groups in total. The smallest absolute Gasteiger partial charge is 0.217 e. The van der Waals surface area contributed by atoms with E-state index < -0.39 is 5.95 Å². The number of hydrogen-bond acceptors (Lipinski definition) is 4. The topological polar surface area (TPSA) is 37.8 Å². The number of rotatable bonds is 4. The molecule has 94 valence electrons. The summed E-state index contributed by atoms with van der Waals surface area (Å²) in [5, 5.41) is 3.24. The molecule has 3 nitrogen and oxygen atoms in total. The standard InChI is InChI=1S/C12H18FN3S/c1-17-12(5-3-2-4-6-12)8-14-11-7-10(13)15-9-16-11/h7,9H,2-6,8H2,1H3,(H,14,15,16). The minimum atomic E-state index is -0.482. The summed E-state index contributed by atoms with van der Waals surface area (Å²) in [7, 11) is 0. The molecule has 0 unspecified atom stereocenters. The summed E-state index contributed by atoms with van der Waals surface area (Å²) in [5.41, 5.74) is 0. The van der Waals surface area contributed by atoms with Gasteiger partial charge in [0, 0.05) is 17.4 Å². The van der Waals surface area contributed by atoms with E-state index >= 15 is 0 Å². The molecule has 5 heteroatoms. The van der Waals surface area contributed by atoms with Crippen molar-refractivity contribution in [1.82, 2.24) is 9.97 Å². The molecule has 1 aliphatic rings. The van der Waals surface area contributed by atoms with E-state index in [4.69, 9.17) is 0 Å². The van der Waals surface area contributed by atoms with Crippen molar-refractivity contribution in [3.05, 3.63) is 18.3 Å². The molecule has 1 fully saturated rings. The molecule has 1 saturated carbocycles.